The fraction of sp³-hybridized carbons (Fsp3) is 0.158. The molecule has 0 fully saturated rings. The summed E-state index contributed by atoms with van der Waals surface area (Å²) in [6.45, 7) is 29.5. The second-order valence-corrected chi connectivity index (χ2v) is 35.5. The molecule has 0 bridgehead atoms. The molecular formula is C101H79ClF2N10O10S5. The molecule has 0 aliphatic rings. The van der Waals surface area contributed by atoms with E-state index in [1.54, 1.807) is 45.0 Å². The van der Waals surface area contributed by atoms with E-state index in [1.165, 1.54) is 107 Å². The number of aromatic nitrogens is 10. The van der Waals surface area contributed by atoms with Gasteiger partial charge in [-0.15, -0.1) is 0 Å². The number of carbonyl (C=O) groups excluding carboxylic acids is 5. The van der Waals surface area contributed by atoms with Crippen molar-refractivity contribution in [2.75, 3.05) is 0 Å². The van der Waals surface area contributed by atoms with Crippen molar-refractivity contribution < 1.29 is 54.8 Å². The standard InChI is InChI=1S/C21H18N2O2S.C20H15ClN2O2S.2C20H15FN2O2S.C20H16N2O2S/c1-11-5-6-12(2)19-17(11)10-18(25-19)20-22-21(26-23-20)15-7-8-16(14(4)24)13(3)9-15;1-10-8-16(21)11(2)15-9-17(25-18(10)15)19-22-20(26-23-19)14-6-4-13(5-7-14)12(3)24;1-10-4-5-11(2)18-15(10)9-17(25-18)19-22-20(26-23-19)13-6-7-14(12(3)24)16(21)8-13;1-10-4-5-11(2)18-15(10)9-17(25-18)20-22-19(23-26-20)13-6-7-14(12(3)24)16(21)8-13;1-11-4-5-12(2)18-16(11)10-17(24-18)19-21-20(25-22-19)15-8-6-14(7-9-15)13(3)23/h5-10H,1-4H3;3*4-9H,1-3H3;4-10H,1-3H3. The Hall–Kier alpha value is -13.8. The molecule has 0 atom stereocenters. The van der Waals surface area contributed by atoms with E-state index >= 15 is 0 Å². The summed E-state index contributed by atoms with van der Waals surface area (Å²) in [5.74, 6) is 4.23. The Kier molecular flexibility index (Phi) is 25.3. The van der Waals surface area contributed by atoms with Gasteiger partial charge in [-0.1, -0.05) is 133 Å². The molecule has 10 aromatic carbocycles. The number of nitrogens with zero attached hydrogens (tertiary/aromatic N) is 10. The molecule has 0 radical (unpaired) electrons. The molecule has 0 aliphatic carbocycles. The maximum Gasteiger partial charge on any atom is 0.209 e. The van der Waals surface area contributed by atoms with Crippen LogP contribution in [-0.2, 0) is 0 Å². The highest BCUT2D eigenvalue weighted by Crippen LogP contribution is 2.41. The van der Waals surface area contributed by atoms with Crippen molar-refractivity contribution in [2.45, 2.75) is 111 Å². The van der Waals surface area contributed by atoms with Gasteiger partial charge in [-0.05, 0) is 296 Å². The molecular weight excluding hydrogens is 1750 g/mol. The highest BCUT2D eigenvalue weighted by Gasteiger charge is 2.24. The summed E-state index contributed by atoms with van der Waals surface area (Å²) in [4.78, 5) is 79.9. The van der Waals surface area contributed by atoms with Crippen molar-refractivity contribution >= 4 is 153 Å². The quantitative estimate of drug-likeness (QED) is 0.0862. The fourth-order valence-electron chi connectivity index (χ4n) is 14.5. The van der Waals surface area contributed by atoms with Gasteiger partial charge in [0, 0.05) is 76.5 Å². The third kappa shape index (κ3) is 18.6. The second-order valence-electron chi connectivity index (χ2n) is 31.3. The van der Waals surface area contributed by atoms with E-state index in [0.717, 1.165) is 147 Å². The average molecular weight is 1830 g/mol. The molecule has 0 unspecified atom stereocenters. The Morgan fingerprint density at radius 2 is 0.543 bits per heavy atom. The number of Topliss-reactive ketones (excluding diaryl/α,β-unsaturated/α-hetero) is 5. The van der Waals surface area contributed by atoms with Crippen LogP contribution in [-0.4, -0.2) is 75.7 Å². The first-order valence-corrected chi connectivity index (χ1v) is 44.9. The Balaban J connectivity index is 0.000000118. The first-order chi connectivity index (χ1) is 61.8. The molecule has 0 amide bonds. The Morgan fingerprint density at radius 3 is 0.891 bits per heavy atom. The number of carbonyl (C=O) groups is 5. The highest BCUT2D eigenvalue weighted by atomic mass is 35.5. The van der Waals surface area contributed by atoms with Crippen molar-refractivity contribution in [2.24, 2.45) is 0 Å². The molecule has 10 heterocycles. The minimum atomic E-state index is -0.568. The summed E-state index contributed by atoms with van der Waals surface area (Å²) in [7, 11) is 0. The Bertz CT molecular complexity index is 7240. The summed E-state index contributed by atoms with van der Waals surface area (Å²) in [6, 6.07) is 57.6. The van der Waals surface area contributed by atoms with Gasteiger partial charge in [-0.2, -0.15) is 21.9 Å². The lowest BCUT2D eigenvalue weighted by Crippen LogP contribution is -1.97. The normalized spacial score (nSPS) is 11.2. The van der Waals surface area contributed by atoms with Crippen LogP contribution in [0, 0.1) is 87.8 Å². The second kappa shape index (κ2) is 36.9. The maximum absolute atomic E-state index is 14.1. The maximum atomic E-state index is 14.1. The Morgan fingerprint density at radius 1 is 0.264 bits per heavy atom. The average Bonchev–Trinajstić information content (AvgIpc) is 1.66. The van der Waals surface area contributed by atoms with Crippen molar-refractivity contribution in [3.05, 3.63) is 294 Å². The summed E-state index contributed by atoms with van der Waals surface area (Å²) in [5.41, 5.74) is 22.2. The van der Waals surface area contributed by atoms with Crippen LogP contribution in [0.2, 0.25) is 5.02 Å². The van der Waals surface area contributed by atoms with Crippen LogP contribution in [0.25, 0.3) is 166 Å². The molecule has 20 aromatic rings. The van der Waals surface area contributed by atoms with E-state index in [9.17, 15) is 32.8 Å². The molecule has 10 aromatic heterocycles. The number of ketones is 5. The number of halogens is 3. The van der Waals surface area contributed by atoms with Gasteiger partial charge in [-0.25, -0.2) is 33.7 Å². The van der Waals surface area contributed by atoms with Crippen molar-refractivity contribution in [1.29, 1.82) is 0 Å². The summed E-state index contributed by atoms with van der Waals surface area (Å²) in [6.07, 6.45) is 0. The van der Waals surface area contributed by atoms with Crippen molar-refractivity contribution in [1.82, 2.24) is 46.8 Å². The minimum absolute atomic E-state index is 0.0428. The third-order valence-corrected chi connectivity index (χ3v) is 26.1. The molecule has 0 aliphatic heterocycles. The van der Waals surface area contributed by atoms with Gasteiger partial charge in [0.25, 0.3) is 0 Å². The van der Waals surface area contributed by atoms with Gasteiger partial charge in [0.2, 0.25) is 23.3 Å². The zero-order valence-electron chi connectivity index (χ0n) is 72.6. The summed E-state index contributed by atoms with van der Waals surface area (Å²) in [5, 5.41) is 9.58. The first-order valence-electron chi connectivity index (χ1n) is 40.6. The third-order valence-electron chi connectivity index (χ3n) is 21.9. The predicted molar refractivity (Wildman–Crippen MR) is 510 cm³/mol. The smallest absolute Gasteiger partial charge is 0.209 e. The molecule has 0 spiro atoms. The van der Waals surface area contributed by atoms with Crippen LogP contribution < -0.4 is 0 Å². The molecule has 0 N–H and O–H groups in total. The van der Waals surface area contributed by atoms with Crippen LogP contribution in [0.4, 0.5) is 8.78 Å². The van der Waals surface area contributed by atoms with Gasteiger partial charge in [0.1, 0.15) is 59.6 Å². The number of hydrogen-bond acceptors (Lipinski definition) is 25. The lowest BCUT2D eigenvalue weighted by Gasteiger charge is -2.03. The van der Waals surface area contributed by atoms with Crippen LogP contribution in [0.3, 0.4) is 0 Å². The zero-order valence-corrected chi connectivity index (χ0v) is 77.5. The van der Waals surface area contributed by atoms with E-state index in [2.05, 4.69) is 97.0 Å². The number of furan rings is 5. The fourth-order valence-corrected chi connectivity index (χ4v) is 18.1. The van der Waals surface area contributed by atoms with E-state index in [-0.39, 0.29) is 40.0 Å². The van der Waals surface area contributed by atoms with E-state index in [0.29, 0.717) is 90.2 Å². The van der Waals surface area contributed by atoms with E-state index in [1.807, 2.05) is 165 Å². The molecule has 129 heavy (non-hydrogen) atoms. The molecule has 28 heteroatoms. The number of aryl methyl sites for hydroxylation is 11. The zero-order chi connectivity index (χ0) is 91.2. The molecule has 20 nitrogen and oxygen atoms in total. The number of rotatable bonds is 15. The minimum Gasteiger partial charge on any atom is -0.453 e. The molecule has 0 saturated heterocycles. The van der Waals surface area contributed by atoms with E-state index in [4.69, 9.17) is 33.7 Å². The molecule has 20 rings (SSSR count). The van der Waals surface area contributed by atoms with Crippen molar-refractivity contribution in [3.63, 3.8) is 0 Å². The summed E-state index contributed by atoms with van der Waals surface area (Å²) < 4.78 is 80.1. The van der Waals surface area contributed by atoms with Crippen LogP contribution >= 0.6 is 69.3 Å². The number of fused-ring (bicyclic) bond motifs is 5. The number of benzene rings is 10. The predicted octanol–water partition coefficient (Wildman–Crippen LogP) is 28.4. The molecule has 0 saturated carbocycles. The van der Waals surface area contributed by atoms with Crippen LogP contribution in [0.15, 0.2) is 210 Å². The van der Waals surface area contributed by atoms with Gasteiger partial charge >= 0.3 is 0 Å². The van der Waals surface area contributed by atoms with Gasteiger partial charge < -0.3 is 22.1 Å². The lowest BCUT2D eigenvalue weighted by molar-refractivity contribution is 0.100. The Labute approximate surface area is 764 Å². The van der Waals surface area contributed by atoms with Gasteiger partial charge in [-0.3, -0.25) is 24.0 Å². The SMILES string of the molecule is CC(=O)c1ccc(-c2nc(-c3cc4c(C)c(Cl)cc(C)c4o3)ns2)cc1.CC(=O)c1ccc(-c2nc(-c3cc4c(C)ccc(C)c4o3)ns2)cc1.CC(=O)c1ccc(-c2nc(-c3cc4c(C)ccc(C)c4o3)ns2)cc1C.CC(=O)c1ccc(-c2nc(-c3cc4c(C)ccc(C)c4o3)ns2)cc1F.CC(=O)c1ccc(-c2nsc(-c3cc4c(C)ccc(C)c4o3)n2)cc1F. The van der Waals surface area contributed by atoms with Gasteiger partial charge in [0.15, 0.2) is 68.5 Å². The largest absolute Gasteiger partial charge is 0.453 e. The van der Waals surface area contributed by atoms with Crippen LogP contribution in [0.1, 0.15) is 148 Å². The first kappa shape index (κ1) is 88.6. The monoisotopic (exact) mass is 1820 g/mol. The number of hydrogen-bond donors (Lipinski definition) is 0. The van der Waals surface area contributed by atoms with E-state index < -0.39 is 11.6 Å². The molecule has 644 valence electrons. The highest BCUT2D eigenvalue weighted by molar-refractivity contribution is 7.10. The summed E-state index contributed by atoms with van der Waals surface area (Å²) >= 11 is 12.6. The van der Waals surface area contributed by atoms with Crippen LogP contribution in [0.5, 0.6) is 0 Å². The topological polar surface area (TPSA) is 280 Å². The van der Waals surface area contributed by atoms with Gasteiger partial charge in [0.05, 0.1) is 11.1 Å². The lowest BCUT2D eigenvalue weighted by atomic mass is 10.0. The van der Waals surface area contributed by atoms with Crippen molar-refractivity contribution in [3.8, 4) is 111 Å².